The van der Waals surface area contributed by atoms with E-state index >= 15 is 0 Å². The van der Waals surface area contributed by atoms with Gasteiger partial charge in [0, 0.05) is 30.5 Å². The van der Waals surface area contributed by atoms with Crippen LogP contribution < -0.4 is 5.32 Å². The molecule has 2 amide bonds. The predicted octanol–water partition coefficient (Wildman–Crippen LogP) is 2.90. The zero-order valence-corrected chi connectivity index (χ0v) is 16.4. The van der Waals surface area contributed by atoms with Crippen LogP contribution in [-0.4, -0.2) is 41.1 Å². The fraction of sp³-hybridized carbons (Fsp3) is 0.571. The summed E-state index contributed by atoms with van der Waals surface area (Å²) < 4.78 is 0. The summed E-state index contributed by atoms with van der Waals surface area (Å²) in [6.45, 7) is 8.02. The number of nitrogens with zero attached hydrogens (tertiary/aromatic N) is 1. The van der Waals surface area contributed by atoms with Crippen molar-refractivity contribution in [2.75, 3.05) is 13.1 Å². The van der Waals surface area contributed by atoms with Crippen molar-refractivity contribution in [3.8, 4) is 0 Å². The Kier molecular flexibility index (Phi) is 6.57. The number of carbonyl (C=O) groups excluding carboxylic acids is 3. The first-order valence-electron chi connectivity index (χ1n) is 9.43. The van der Waals surface area contributed by atoms with Crippen molar-refractivity contribution in [2.45, 2.75) is 65.3 Å². The van der Waals surface area contributed by atoms with E-state index in [-0.39, 0.29) is 42.5 Å². The molecule has 1 aromatic rings. The van der Waals surface area contributed by atoms with E-state index in [4.69, 9.17) is 0 Å². The van der Waals surface area contributed by atoms with Crippen molar-refractivity contribution in [1.82, 2.24) is 10.2 Å². The first-order valence-corrected chi connectivity index (χ1v) is 9.43. The number of amides is 2. The lowest BCUT2D eigenvalue weighted by atomic mass is 10.0. The van der Waals surface area contributed by atoms with Crippen molar-refractivity contribution in [3.05, 3.63) is 34.9 Å². The van der Waals surface area contributed by atoms with Crippen LogP contribution in [0, 0.1) is 0 Å². The van der Waals surface area contributed by atoms with Gasteiger partial charge in [0.1, 0.15) is 0 Å². The lowest BCUT2D eigenvalue weighted by molar-refractivity contribution is -0.136. The van der Waals surface area contributed by atoms with Crippen LogP contribution in [0.4, 0.5) is 0 Å². The van der Waals surface area contributed by atoms with E-state index in [1.165, 1.54) is 16.0 Å². The molecule has 0 aliphatic heterocycles. The second-order valence-electron chi connectivity index (χ2n) is 7.97. The molecule has 5 nitrogen and oxygen atoms in total. The maximum absolute atomic E-state index is 12.4. The normalized spacial score (nSPS) is 13.2. The van der Waals surface area contributed by atoms with Crippen LogP contribution in [-0.2, 0) is 22.4 Å². The SMILES string of the molecule is CCN(CC(=O)NC(C)(C)C)C(=O)CCC(=O)c1ccc2c(c1)CCC2. The summed E-state index contributed by atoms with van der Waals surface area (Å²) in [5.74, 6) is -0.355. The van der Waals surface area contributed by atoms with Crippen LogP contribution >= 0.6 is 0 Å². The fourth-order valence-electron chi connectivity index (χ4n) is 3.28. The molecule has 1 N–H and O–H groups in total. The Bertz CT molecular complexity index is 689. The highest BCUT2D eigenvalue weighted by atomic mass is 16.2. The number of benzene rings is 1. The number of carbonyl (C=O) groups is 3. The molecule has 1 aliphatic rings. The zero-order chi connectivity index (χ0) is 19.3. The molecule has 1 aliphatic carbocycles. The van der Waals surface area contributed by atoms with E-state index in [1.807, 2.05) is 45.9 Å². The fourth-order valence-corrected chi connectivity index (χ4v) is 3.28. The number of likely N-dealkylation sites (N-methyl/N-ethyl adjacent to an activating group) is 1. The molecular formula is C21H30N2O3. The van der Waals surface area contributed by atoms with E-state index in [0.29, 0.717) is 12.1 Å². The van der Waals surface area contributed by atoms with Crippen molar-refractivity contribution in [2.24, 2.45) is 0 Å². The molecule has 0 atom stereocenters. The summed E-state index contributed by atoms with van der Waals surface area (Å²) in [6.07, 6.45) is 3.57. The van der Waals surface area contributed by atoms with Gasteiger partial charge in [-0.3, -0.25) is 14.4 Å². The van der Waals surface area contributed by atoms with E-state index in [1.54, 1.807) is 0 Å². The molecule has 0 saturated heterocycles. The van der Waals surface area contributed by atoms with Gasteiger partial charge in [-0.05, 0) is 64.2 Å². The Hall–Kier alpha value is -2.17. The largest absolute Gasteiger partial charge is 0.350 e. The van der Waals surface area contributed by atoms with Gasteiger partial charge in [-0.2, -0.15) is 0 Å². The van der Waals surface area contributed by atoms with Gasteiger partial charge in [0.15, 0.2) is 5.78 Å². The van der Waals surface area contributed by atoms with E-state index < -0.39 is 0 Å². The molecule has 0 heterocycles. The standard InChI is InChI=1S/C21H30N2O3/c1-5-23(14-19(25)22-21(2,3)4)20(26)12-11-18(24)17-10-9-15-7-6-8-16(15)13-17/h9-10,13H,5-8,11-12,14H2,1-4H3,(H,22,25). The maximum atomic E-state index is 12.4. The minimum atomic E-state index is -0.330. The molecule has 1 aromatic carbocycles. The maximum Gasteiger partial charge on any atom is 0.240 e. The Morgan fingerprint density at radius 1 is 1.08 bits per heavy atom. The average molecular weight is 358 g/mol. The van der Waals surface area contributed by atoms with E-state index in [9.17, 15) is 14.4 Å². The quantitative estimate of drug-likeness (QED) is 0.762. The molecule has 0 bridgehead atoms. The van der Waals surface area contributed by atoms with Gasteiger partial charge in [-0.15, -0.1) is 0 Å². The predicted molar refractivity (Wildman–Crippen MR) is 102 cm³/mol. The summed E-state index contributed by atoms with van der Waals surface area (Å²) in [5, 5.41) is 2.85. The van der Waals surface area contributed by atoms with Gasteiger partial charge in [0.05, 0.1) is 6.54 Å². The molecule has 0 spiro atoms. The molecule has 142 valence electrons. The number of aryl methyl sites for hydroxylation is 2. The Morgan fingerprint density at radius 2 is 1.77 bits per heavy atom. The molecule has 0 unspecified atom stereocenters. The Balaban J connectivity index is 1.87. The number of rotatable bonds is 7. The lowest BCUT2D eigenvalue weighted by Gasteiger charge is -2.25. The third-order valence-electron chi connectivity index (χ3n) is 4.57. The van der Waals surface area contributed by atoms with Crippen molar-refractivity contribution >= 4 is 17.6 Å². The summed E-state index contributed by atoms with van der Waals surface area (Å²) in [6, 6.07) is 5.88. The van der Waals surface area contributed by atoms with Crippen molar-refractivity contribution < 1.29 is 14.4 Å². The number of ketones is 1. The molecular weight excluding hydrogens is 328 g/mol. The monoisotopic (exact) mass is 358 g/mol. The van der Waals surface area contributed by atoms with E-state index in [2.05, 4.69) is 5.32 Å². The molecule has 2 rings (SSSR count). The van der Waals surface area contributed by atoms with Crippen LogP contribution in [0.2, 0.25) is 0 Å². The van der Waals surface area contributed by atoms with Gasteiger partial charge in [-0.1, -0.05) is 12.1 Å². The highest BCUT2D eigenvalue weighted by Crippen LogP contribution is 2.23. The molecule has 0 radical (unpaired) electrons. The van der Waals surface area contributed by atoms with E-state index in [0.717, 1.165) is 19.3 Å². The van der Waals surface area contributed by atoms with Gasteiger partial charge in [0.25, 0.3) is 0 Å². The van der Waals surface area contributed by atoms with Crippen molar-refractivity contribution in [1.29, 1.82) is 0 Å². The molecule has 0 aromatic heterocycles. The Labute approximate surface area is 156 Å². The van der Waals surface area contributed by atoms with Gasteiger partial charge < -0.3 is 10.2 Å². The first-order chi connectivity index (χ1) is 12.2. The summed E-state index contributed by atoms with van der Waals surface area (Å²) in [4.78, 5) is 38.3. The number of fused-ring (bicyclic) bond motifs is 1. The summed E-state index contributed by atoms with van der Waals surface area (Å²) in [5.41, 5.74) is 2.95. The topological polar surface area (TPSA) is 66.5 Å². The second-order valence-corrected chi connectivity index (χ2v) is 7.97. The van der Waals surface area contributed by atoms with Gasteiger partial charge in [-0.25, -0.2) is 0 Å². The molecule has 0 fully saturated rings. The minimum absolute atomic E-state index is 0.0109. The third-order valence-corrected chi connectivity index (χ3v) is 4.57. The molecule has 0 saturated carbocycles. The van der Waals surface area contributed by atoms with Crippen LogP contribution in [0.1, 0.15) is 68.4 Å². The van der Waals surface area contributed by atoms with Crippen LogP contribution in [0.5, 0.6) is 0 Å². The first kappa shape index (κ1) is 20.1. The van der Waals surface area contributed by atoms with Crippen molar-refractivity contribution in [3.63, 3.8) is 0 Å². The second kappa shape index (κ2) is 8.47. The van der Waals surface area contributed by atoms with Crippen LogP contribution in [0.15, 0.2) is 18.2 Å². The number of Topliss-reactive ketones (excluding diaryl/α,β-unsaturated/α-hetero) is 1. The molecule has 5 heteroatoms. The summed E-state index contributed by atoms with van der Waals surface area (Å²) >= 11 is 0. The Morgan fingerprint density at radius 3 is 2.42 bits per heavy atom. The van der Waals surface area contributed by atoms with Gasteiger partial charge in [0.2, 0.25) is 11.8 Å². The molecule has 26 heavy (non-hydrogen) atoms. The zero-order valence-electron chi connectivity index (χ0n) is 16.4. The third kappa shape index (κ3) is 5.68. The smallest absolute Gasteiger partial charge is 0.240 e. The number of nitrogens with one attached hydrogen (secondary N) is 1. The van der Waals surface area contributed by atoms with Gasteiger partial charge >= 0.3 is 0 Å². The number of hydrogen-bond acceptors (Lipinski definition) is 3. The highest BCUT2D eigenvalue weighted by molar-refractivity contribution is 5.98. The highest BCUT2D eigenvalue weighted by Gasteiger charge is 2.20. The average Bonchev–Trinajstić information content (AvgIpc) is 3.03. The minimum Gasteiger partial charge on any atom is -0.350 e. The number of hydrogen-bond donors (Lipinski definition) is 1. The van der Waals surface area contributed by atoms with Crippen LogP contribution in [0.3, 0.4) is 0 Å². The lowest BCUT2D eigenvalue weighted by Crippen LogP contribution is -2.47. The summed E-state index contributed by atoms with van der Waals surface area (Å²) in [7, 11) is 0. The van der Waals surface area contributed by atoms with Crippen LogP contribution in [0.25, 0.3) is 0 Å².